The molecule has 0 aliphatic heterocycles. The fourth-order valence-corrected chi connectivity index (χ4v) is 3.80. The molecule has 0 aliphatic rings. The van der Waals surface area contributed by atoms with E-state index in [1.165, 1.54) is 10.6 Å². The molecule has 0 unspecified atom stereocenters. The second kappa shape index (κ2) is 8.75. The van der Waals surface area contributed by atoms with Gasteiger partial charge in [-0.05, 0) is 91.3 Å². The zero-order chi connectivity index (χ0) is 23.8. The highest BCUT2D eigenvalue weighted by molar-refractivity contribution is 9.10. The summed E-state index contributed by atoms with van der Waals surface area (Å²) in [6.45, 7) is 5.27. The number of nitrogens with zero attached hydrogens (tertiary/aromatic N) is 1. The highest BCUT2D eigenvalue weighted by atomic mass is 79.9. The average Bonchev–Trinajstić information content (AvgIpc) is 3.16. The number of ketones is 1. The first kappa shape index (κ1) is 22.6. The summed E-state index contributed by atoms with van der Waals surface area (Å²) < 4.78 is 13.0. The number of carbonyl (C=O) groups is 2. The summed E-state index contributed by atoms with van der Waals surface area (Å²) in [6, 6.07) is 20.6. The van der Waals surface area contributed by atoms with E-state index in [4.69, 9.17) is 9.47 Å². The van der Waals surface area contributed by atoms with Crippen LogP contribution in [-0.4, -0.2) is 27.2 Å². The number of phenolic OH excluding ortho intramolecular Hbond substituents is 1. The number of fused-ring (bicyclic) bond motifs is 1. The van der Waals surface area contributed by atoms with Gasteiger partial charge in [-0.3, -0.25) is 4.79 Å². The van der Waals surface area contributed by atoms with Gasteiger partial charge in [0.2, 0.25) is 5.78 Å². The van der Waals surface area contributed by atoms with Gasteiger partial charge in [-0.15, -0.1) is 0 Å². The van der Waals surface area contributed by atoms with Crippen molar-refractivity contribution in [3.05, 3.63) is 88.5 Å². The molecule has 0 fully saturated rings. The Kier molecular flexibility index (Phi) is 5.99. The van der Waals surface area contributed by atoms with Gasteiger partial charge in [-0.1, -0.05) is 18.2 Å². The van der Waals surface area contributed by atoms with E-state index in [2.05, 4.69) is 15.9 Å². The number of aromatic nitrogens is 1. The molecule has 0 saturated heterocycles. The lowest BCUT2D eigenvalue weighted by atomic mass is 10.1. The molecule has 0 spiro atoms. The Morgan fingerprint density at radius 2 is 1.55 bits per heavy atom. The molecule has 0 aliphatic carbocycles. The zero-order valence-corrected chi connectivity index (χ0v) is 19.9. The summed E-state index contributed by atoms with van der Waals surface area (Å²) in [4.78, 5) is 26.5. The number of ether oxygens (including phenoxy) is 2. The maximum absolute atomic E-state index is 13.4. The number of halogens is 1. The molecule has 1 N–H and O–H groups in total. The fraction of sp³-hybridized carbons (Fsp3) is 0.154. The van der Waals surface area contributed by atoms with Crippen LogP contribution in [0, 0.1) is 0 Å². The van der Waals surface area contributed by atoms with Crippen LogP contribution in [0.15, 0.2) is 77.3 Å². The van der Waals surface area contributed by atoms with Crippen molar-refractivity contribution in [2.45, 2.75) is 26.4 Å². The van der Waals surface area contributed by atoms with Gasteiger partial charge in [0.1, 0.15) is 28.5 Å². The van der Waals surface area contributed by atoms with Crippen molar-refractivity contribution in [1.29, 1.82) is 0 Å². The van der Waals surface area contributed by atoms with Gasteiger partial charge in [0.05, 0.1) is 9.99 Å². The summed E-state index contributed by atoms with van der Waals surface area (Å²) in [5, 5.41) is 10.6. The second-order valence-corrected chi connectivity index (χ2v) is 9.24. The van der Waals surface area contributed by atoms with Gasteiger partial charge in [-0.25, -0.2) is 9.36 Å². The Labute approximate surface area is 199 Å². The fourth-order valence-electron chi connectivity index (χ4n) is 3.35. The standard InChI is InChI=1S/C26H22BrNO5/c1-26(2,3)33-25(31)28-20-13-14-22(29)23(27)19(20)15-21(28)24(30)16-9-11-18(12-10-16)32-17-7-5-4-6-8-17/h4-15,29H,1-3H3. The molecule has 4 rings (SSSR count). The Balaban J connectivity index is 1.73. The van der Waals surface area contributed by atoms with Crippen LogP contribution in [0.2, 0.25) is 0 Å². The number of carbonyl (C=O) groups excluding carboxylic acids is 2. The molecule has 1 aromatic heterocycles. The highest BCUT2D eigenvalue weighted by Crippen LogP contribution is 2.35. The van der Waals surface area contributed by atoms with Crippen LogP contribution in [0.5, 0.6) is 17.2 Å². The third-order valence-corrected chi connectivity index (χ3v) is 5.64. The van der Waals surface area contributed by atoms with Gasteiger partial charge < -0.3 is 14.6 Å². The van der Waals surface area contributed by atoms with Crippen molar-refractivity contribution < 1.29 is 24.2 Å². The largest absolute Gasteiger partial charge is 0.507 e. The molecule has 0 amide bonds. The first-order valence-electron chi connectivity index (χ1n) is 10.3. The van der Waals surface area contributed by atoms with Gasteiger partial charge in [0.15, 0.2) is 0 Å². The van der Waals surface area contributed by atoms with Crippen LogP contribution in [-0.2, 0) is 4.74 Å². The van der Waals surface area contributed by atoms with Crippen LogP contribution in [0.4, 0.5) is 4.79 Å². The Morgan fingerprint density at radius 1 is 0.909 bits per heavy atom. The second-order valence-electron chi connectivity index (χ2n) is 8.45. The van der Waals surface area contributed by atoms with Crippen molar-refractivity contribution in [2.24, 2.45) is 0 Å². The smallest absolute Gasteiger partial charge is 0.419 e. The molecule has 0 atom stereocenters. The predicted molar refractivity (Wildman–Crippen MR) is 129 cm³/mol. The maximum atomic E-state index is 13.4. The zero-order valence-electron chi connectivity index (χ0n) is 18.3. The Bertz CT molecular complexity index is 1340. The van der Waals surface area contributed by atoms with Crippen molar-refractivity contribution in [3.8, 4) is 17.2 Å². The SMILES string of the molecule is CC(C)(C)OC(=O)n1c(C(=O)c2ccc(Oc3ccccc3)cc2)cc2c(Br)c(O)ccc21. The molecule has 168 valence electrons. The highest BCUT2D eigenvalue weighted by Gasteiger charge is 2.27. The monoisotopic (exact) mass is 507 g/mol. The molecular formula is C26H22BrNO5. The van der Waals surface area contributed by atoms with Crippen LogP contribution in [0.1, 0.15) is 36.8 Å². The third-order valence-electron chi connectivity index (χ3n) is 4.80. The number of hydrogen-bond donors (Lipinski definition) is 1. The van der Waals surface area contributed by atoms with Gasteiger partial charge in [0.25, 0.3) is 0 Å². The van der Waals surface area contributed by atoms with E-state index in [9.17, 15) is 14.7 Å². The normalized spacial score (nSPS) is 11.4. The average molecular weight is 508 g/mol. The number of para-hydroxylation sites is 1. The lowest BCUT2D eigenvalue weighted by molar-refractivity contribution is 0.0536. The summed E-state index contributed by atoms with van der Waals surface area (Å²) in [6.07, 6.45) is -0.678. The molecule has 1 heterocycles. The molecule has 7 heteroatoms. The number of benzene rings is 3. The van der Waals surface area contributed by atoms with Gasteiger partial charge >= 0.3 is 6.09 Å². The molecule has 0 bridgehead atoms. The predicted octanol–water partition coefficient (Wildman–Crippen LogP) is 6.92. The van der Waals surface area contributed by atoms with Crippen LogP contribution >= 0.6 is 15.9 Å². The molecule has 4 aromatic rings. The topological polar surface area (TPSA) is 77.8 Å². The van der Waals surface area contributed by atoms with E-state index in [0.29, 0.717) is 32.4 Å². The van der Waals surface area contributed by atoms with Gasteiger partial charge in [-0.2, -0.15) is 0 Å². The lowest BCUT2D eigenvalue weighted by Gasteiger charge is -2.20. The van der Waals surface area contributed by atoms with Crippen LogP contribution in [0.3, 0.4) is 0 Å². The van der Waals surface area contributed by atoms with E-state index >= 15 is 0 Å². The summed E-state index contributed by atoms with van der Waals surface area (Å²) in [5.41, 5.74) is 0.199. The minimum absolute atomic E-state index is 0.00486. The van der Waals surface area contributed by atoms with Gasteiger partial charge in [0, 0.05) is 10.9 Å². The minimum atomic E-state index is -0.751. The maximum Gasteiger partial charge on any atom is 0.419 e. The van der Waals surface area contributed by atoms with Crippen molar-refractivity contribution in [1.82, 2.24) is 4.57 Å². The molecule has 6 nitrogen and oxygen atoms in total. The number of rotatable bonds is 4. The third kappa shape index (κ3) is 4.78. The minimum Gasteiger partial charge on any atom is -0.507 e. The van der Waals surface area contributed by atoms with E-state index < -0.39 is 11.7 Å². The Morgan fingerprint density at radius 3 is 2.18 bits per heavy atom. The van der Waals surface area contributed by atoms with E-state index in [0.717, 1.165) is 0 Å². The van der Waals surface area contributed by atoms with Crippen LogP contribution < -0.4 is 4.74 Å². The molecule has 0 radical (unpaired) electrons. The first-order valence-corrected chi connectivity index (χ1v) is 11.1. The quantitative estimate of drug-likeness (QED) is 0.303. The molecule has 33 heavy (non-hydrogen) atoms. The number of aromatic hydroxyl groups is 1. The molecular weight excluding hydrogens is 486 g/mol. The van der Waals surface area contributed by atoms with E-state index in [1.54, 1.807) is 57.2 Å². The summed E-state index contributed by atoms with van der Waals surface area (Å²) in [5.74, 6) is 0.907. The van der Waals surface area contributed by atoms with E-state index in [1.807, 2.05) is 30.3 Å². The van der Waals surface area contributed by atoms with Crippen molar-refractivity contribution in [2.75, 3.05) is 0 Å². The summed E-state index contributed by atoms with van der Waals surface area (Å²) in [7, 11) is 0. The first-order chi connectivity index (χ1) is 15.6. The number of phenols is 1. The lowest BCUT2D eigenvalue weighted by Crippen LogP contribution is -2.28. The molecule has 0 saturated carbocycles. The van der Waals surface area contributed by atoms with Crippen molar-refractivity contribution >= 4 is 38.7 Å². The van der Waals surface area contributed by atoms with Crippen molar-refractivity contribution in [3.63, 3.8) is 0 Å². The van der Waals surface area contributed by atoms with Crippen LogP contribution in [0.25, 0.3) is 10.9 Å². The number of hydrogen-bond acceptors (Lipinski definition) is 5. The molecule has 3 aromatic carbocycles. The Hall–Kier alpha value is -3.58. The van der Waals surface area contributed by atoms with E-state index in [-0.39, 0.29) is 17.2 Å². The summed E-state index contributed by atoms with van der Waals surface area (Å²) >= 11 is 3.34.